The third kappa shape index (κ3) is 6.75. The minimum absolute atomic E-state index is 0.00207. The van der Waals surface area contributed by atoms with Gasteiger partial charge in [0.25, 0.3) is 0 Å². The van der Waals surface area contributed by atoms with E-state index in [9.17, 15) is 9.59 Å². The van der Waals surface area contributed by atoms with Crippen LogP contribution in [0.15, 0.2) is 59.5 Å². The number of rotatable bonds is 9. The minimum Gasteiger partial charge on any atom is -0.355 e. The molecule has 27 heavy (non-hydrogen) atoms. The standard InChI is InChI=1S/C22H28N2O2S/c1-4-23-22(26)18(3)24(16-19-12-10-17(2)11-13-19)21(25)14-15-27-20-8-6-5-7-9-20/h5-13,18H,4,14-16H2,1-3H3,(H,23,26)/t18-/m1/s1. The molecule has 0 bridgehead atoms. The van der Waals surface area contributed by atoms with Crippen LogP contribution in [0.25, 0.3) is 0 Å². The maximum absolute atomic E-state index is 12.9. The zero-order chi connectivity index (χ0) is 19.6. The van der Waals surface area contributed by atoms with Gasteiger partial charge in [-0.15, -0.1) is 11.8 Å². The van der Waals surface area contributed by atoms with E-state index in [1.165, 1.54) is 5.56 Å². The van der Waals surface area contributed by atoms with Crippen LogP contribution in [0.3, 0.4) is 0 Å². The monoisotopic (exact) mass is 384 g/mol. The van der Waals surface area contributed by atoms with Crippen LogP contribution in [0.5, 0.6) is 0 Å². The Bertz CT molecular complexity index is 732. The van der Waals surface area contributed by atoms with Crippen LogP contribution >= 0.6 is 11.8 Å². The van der Waals surface area contributed by atoms with E-state index in [-0.39, 0.29) is 11.8 Å². The first-order chi connectivity index (χ1) is 13.0. The molecule has 2 rings (SSSR count). The van der Waals surface area contributed by atoms with Crippen LogP contribution < -0.4 is 5.32 Å². The van der Waals surface area contributed by atoms with Gasteiger partial charge in [-0.3, -0.25) is 9.59 Å². The first-order valence-corrected chi connectivity index (χ1v) is 10.3. The first-order valence-electron chi connectivity index (χ1n) is 9.31. The molecule has 2 amide bonds. The summed E-state index contributed by atoms with van der Waals surface area (Å²) in [5.41, 5.74) is 2.20. The maximum atomic E-state index is 12.9. The predicted molar refractivity (Wildman–Crippen MR) is 112 cm³/mol. The molecule has 0 spiro atoms. The largest absolute Gasteiger partial charge is 0.355 e. The van der Waals surface area contributed by atoms with E-state index in [1.807, 2.05) is 68.4 Å². The summed E-state index contributed by atoms with van der Waals surface area (Å²) >= 11 is 1.66. The summed E-state index contributed by atoms with van der Waals surface area (Å²) < 4.78 is 0. The molecule has 1 atom stereocenters. The van der Waals surface area contributed by atoms with Gasteiger partial charge < -0.3 is 10.2 Å². The van der Waals surface area contributed by atoms with Crippen molar-refractivity contribution < 1.29 is 9.59 Å². The number of nitrogens with zero attached hydrogens (tertiary/aromatic N) is 1. The number of amides is 2. The fourth-order valence-corrected chi connectivity index (χ4v) is 3.57. The van der Waals surface area contributed by atoms with Gasteiger partial charge in [0.15, 0.2) is 0 Å². The number of carbonyl (C=O) groups excluding carboxylic acids is 2. The Balaban J connectivity index is 2.03. The average Bonchev–Trinajstić information content (AvgIpc) is 2.68. The predicted octanol–water partition coefficient (Wildman–Crippen LogP) is 4.03. The van der Waals surface area contributed by atoms with Crippen molar-refractivity contribution in [1.82, 2.24) is 10.2 Å². The lowest BCUT2D eigenvalue weighted by molar-refractivity contribution is -0.140. The Morgan fingerprint density at radius 1 is 1.07 bits per heavy atom. The zero-order valence-electron chi connectivity index (χ0n) is 16.3. The van der Waals surface area contributed by atoms with Gasteiger partial charge in [-0.25, -0.2) is 0 Å². The molecule has 0 saturated carbocycles. The number of thioether (sulfide) groups is 1. The molecule has 0 saturated heterocycles. The normalized spacial score (nSPS) is 11.7. The summed E-state index contributed by atoms with van der Waals surface area (Å²) in [7, 11) is 0. The third-order valence-corrected chi connectivity index (χ3v) is 5.33. The van der Waals surface area contributed by atoms with E-state index in [4.69, 9.17) is 0 Å². The number of benzene rings is 2. The molecule has 0 unspecified atom stereocenters. The molecule has 4 nitrogen and oxygen atoms in total. The lowest BCUT2D eigenvalue weighted by atomic mass is 10.1. The van der Waals surface area contributed by atoms with E-state index < -0.39 is 6.04 Å². The lowest BCUT2D eigenvalue weighted by Gasteiger charge is -2.28. The molecule has 0 aliphatic carbocycles. The summed E-state index contributed by atoms with van der Waals surface area (Å²) in [6.07, 6.45) is 0.398. The second-order valence-electron chi connectivity index (χ2n) is 6.49. The number of hydrogen-bond donors (Lipinski definition) is 1. The molecule has 0 fully saturated rings. The van der Waals surface area contributed by atoms with Crippen molar-refractivity contribution in [2.45, 2.75) is 44.7 Å². The highest BCUT2D eigenvalue weighted by molar-refractivity contribution is 7.99. The molecule has 0 heterocycles. The number of likely N-dealkylation sites (N-methyl/N-ethyl adjacent to an activating group) is 1. The molecule has 144 valence electrons. The van der Waals surface area contributed by atoms with Crippen LogP contribution in [-0.2, 0) is 16.1 Å². The van der Waals surface area contributed by atoms with Crippen LogP contribution in [0.2, 0.25) is 0 Å². The van der Waals surface area contributed by atoms with Crippen LogP contribution in [0.1, 0.15) is 31.4 Å². The Kier molecular flexibility index (Phi) is 8.40. The van der Waals surface area contributed by atoms with E-state index in [1.54, 1.807) is 23.6 Å². The van der Waals surface area contributed by atoms with Crippen molar-refractivity contribution in [3.63, 3.8) is 0 Å². The van der Waals surface area contributed by atoms with Crippen LogP contribution in [-0.4, -0.2) is 35.1 Å². The van der Waals surface area contributed by atoms with E-state index in [0.29, 0.717) is 25.3 Å². The van der Waals surface area contributed by atoms with Gasteiger partial charge >= 0.3 is 0 Å². The highest BCUT2D eigenvalue weighted by Crippen LogP contribution is 2.19. The fraction of sp³-hybridized carbons (Fsp3) is 0.364. The summed E-state index contributed by atoms with van der Waals surface area (Å²) in [5, 5.41) is 2.82. The average molecular weight is 385 g/mol. The maximum Gasteiger partial charge on any atom is 0.242 e. The van der Waals surface area contributed by atoms with Gasteiger partial charge in [0, 0.05) is 30.2 Å². The molecule has 2 aromatic carbocycles. The number of nitrogens with one attached hydrogen (secondary N) is 1. The fourth-order valence-electron chi connectivity index (χ4n) is 2.71. The number of carbonyl (C=O) groups is 2. The Hall–Kier alpha value is -2.27. The molecule has 0 aromatic heterocycles. The molecular weight excluding hydrogens is 356 g/mol. The number of hydrogen-bond acceptors (Lipinski definition) is 3. The van der Waals surface area contributed by atoms with Gasteiger partial charge in [0.1, 0.15) is 6.04 Å². The van der Waals surface area contributed by atoms with E-state index in [0.717, 1.165) is 10.5 Å². The van der Waals surface area contributed by atoms with Gasteiger partial charge in [-0.05, 0) is 38.5 Å². The summed E-state index contributed by atoms with van der Waals surface area (Å²) in [4.78, 5) is 28.0. The van der Waals surface area contributed by atoms with Crippen molar-refractivity contribution in [3.8, 4) is 0 Å². The van der Waals surface area contributed by atoms with Crippen molar-refractivity contribution in [3.05, 3.63) is 65.7 Å². The quantitative estimate of drug-likeness (QED) is 0.664. The molecule has 0 aliphatic heterocycles. The molecule has 5 heteroatoms. The molecule has 0 radical (unpaired) electrons. The summed E-state index contributed by atoms with van der Waals surface area (Å²) in [5.74, 6) is 0.571. The van der Waals surface area contributed by atoms with Crippen molar-refractivity contribution >= 4 is 23.6 Å². The first kappa shape index (κ1) is 21.0. The zero-order valence-corrected chi connectivity index (χ0v) is 17.1. The van der Waals surface area contributed by atoms with Crippen LogP contribution in [0, 0.1) is 6.92 Å². The van der Waals surface area contributed by atoms with Gasteiger partial charge in [-0.1, -0.05) is 48.0 Å². The third-order valence-electron chi connectivity index (χ3n) is 4.32. The SMILES string of the molecule is CCNC(=O)[C@@H](C)N(Cc1ccc(C)cc1)C(=O)CCSc1ccccc1. The van der Waals surface area contributed by atoms with E-state index >= 15 is 0 Å². The Morgan fingerprint density at radius 3 is 2.37 bits per heavy atom. The van der Waals surface area contributed by atoms with Gasteiger partial charge in [0.05, 0.1) is 0 Å². The van der Waals surface area contributed by atoms with Gasteiger partial charge in [-0.2, -0.15) is 0 Å². The minimum atomic E-state index is -0.500. The van der Waals surface area contributed by atoms with Crippen molar-refractivity contribution in [2.24, 2.45) is 0 Å². The second-order valence-corrected chi connectivity index (χ2v) is 7.66. The Morgan fingerprint density at radius 2 is 1.74 bits per heavy atom. The molecule has 0 aliphatic rings. The van der Waals surface area contributed by atoms with Gasteiger partial charge in [0.2, 0.25) is 11.8 Å². The second kappa shape index (κ2) is 10.8. The van der Waals surface area contributed by atoms with Crippen molar-refractivity contribution in [2.75, 3.05) is 12.3 Å². The number of aryl methyl sites for hydroxylation is 1. The van der Waals surface area contributed by atoms with Crippen LogP contribution in [0.4, 0.5) is 0 Å². The highest BCUT2D eigenvalue weighted by atomic mass is 32.2. The lowest BCUT2D eigenvalue weighted by Crippen LogP contribution is -2.47. The Labute approximate surface area is 166 Å². The highest BCUT2D eigenvalue weighted by Gasteiger charge is 2.25. The van der Waals surface area contributed by atoms with Crippen molar-refractivity contribution in [1.29, 1.82) is 0 Å². The molecule has 2 aromatic rings. The topological polar surface area (TPSA) is 49.4 Å². The molecular formula is C22H28N2O2S. The smallest absolute Gasteiger partial charge is 0.242 e. The van der Waals surface area contributed by atoms with E-state index in [2.05, 4.69) is 5.32 Å². The molecule has 1 N–H and O–H groups in total. The summed E-state index contributed by atoms with van der Waals surface area (Å²) in [6, 6.07) is 17.6. The summed E-state index contributed by atoms with van der Waals surface area (Å²) in [6.45, 7) is 6.70.